The molecule has 1 aromatic carbocycles. The summed E-state index contributed by atoms with van der Waals surface area (Å²) in [7, 11) is 0. The molecule has 22 heavy (non-hydrogen) atoms. The molecule has 0 radical (unpaired) electrons. The number of hydrogen-bond donors (Lipinski definition) is 2. The number of rotatable bonds is 9. The number of carbonyl (C=O) groups excluding carboxylic acids is 2. The van der Waals surface area contributed by atoms with Gasteiger partial charge < -0.3 is 19.9 Å². The number of hydrogen-bond acceptors (Lipinski definition) is 5. The number of aliphatic hydroxyl groups is 1. The third-order valence-corrected chi connectivity index (χ3v) is 2.78. The topological polar surface area (TPSA) is 84.9 Å². The number of benzene rings is 1. The van der Waals surface area contributed by atoms with E-state index in [0.717, 1.165) is 5.56 Å². The van der Waals surface area contributed by atoms with Crippen LogP contribution in [0, 0.1) is 0 Å². The molecule has 0 aliphatic heterocycles. The van der Waals surface area contributed by atoms with Crippen molar-refractivity contribution in [2.75, 3.05) is 13.2 Å². The molecule has 1 amide bonds. The van der Waals surface area contributed by atoms with Crippen LogP contribution in [-0.2, 0) is 20.9 Å². The molecule has 2 N–H and O–H groups in total. The van der Waals surface area contributed by atoms with Gasteiger partial charge in [0.2, 0.25) is 0 Å². The van der Waals surface area contributed by atoms with Crippen molar-refractivity contribution in [3.8, 4) is 0 Å². The third-order valence-electron chi connectivity index (χ3n) is 2.78. The highest BCUT2D eigenvalue weighted by atomic mass is 16.6. The average molecular weight is 307 g/mol. The van der Waals surface area contributed by atoms with Gasteiger partial charge in [0.05, 0.1) is 0 Å². The van der Waals surface area contributed by atoms with Crippen molar-refractivity contribution >= 4 is 12.1 Å². The lowest BCUT2D eigenvalue weighted by Gasteiger charge is -2.17. The molecule has 0 aliphatic rings. The summed E-state index contributed by atoms with van der Waals surface area (Å²) in [6.45, 7) is 3.53. The lowest BCUT2D eigenvalue weighted by Crippen LogP contribution is -2.42. The van der Waals surface area contributed by atoms with Crippen LogP contribution in [0.5, 0.6) is 0 Å². The molecule has 6 nitrogen and oxygen atoms in total. The number of esters is 1. The van der Waals surface area contributed by atoms with Crippen molar-refractivity contribution in [1.29, 1.82) is 0 Å². The van der Waals surface area contributed by atoms with Crippen molar-refractivity contribution in [2.24, 2.45) is 0 Å². The molecule has 0 aromatic heterocycles. The maximum atomic E-state index is 12.0. The number of aliphatic hydroxyl groups excluding tert-OH is 1. The minimum absolute atomic E-state index is 0.0532. The Balaban J connectivity index is 2.51. The van der Waals surface area contributed by atoms with E-state index >= 15 is 0 Å². The zero-order valence-corrected chi connectivity index (χ0v) is 12.4. The molecule has 0 spiro atoms. The fourth-order valence-electron chi connectivity index (χ4n) is 1.69. The van der Waals surface area contributed by atoms with Crippen LogP contribution in [0.2, 0.25) is 0 Å². The van der Waals surface area contributed by atoms with Crippen LogP contribution in [0.3, 0.4) is 0 Å². The highest BCUT2D eigenvalue weighted by Gasteiger charge is 2.22. The van der Waals surface area contributed by atoms with E-state index < -0.39 is 18.1 Å². The zero-order valence-electron chi connectivity index (χ0n) is 12.4. The summed E-state index contributed by atoms with van der Waals surface area (Å²) in [4.78, 5) is 23.5. The van der Waals surface area contributed by atoms with E-state index in [9.17, 15) is 9.59 Å². The van der Waals surface area contributed by atoms with Gasteiger partial charge in [0.15, 0.2) is 0 Å². The van der Waals surface area contributed by atoms with Gasteiger partial charge in [0.25, 0.3) is 0 Å². The Kier molecular flexibility index (Phi) is 8.37. The number of alkyl carbamates (subject to hydrolysis) is 1. The Morgan fingerprint density at radius 2 is 2.00 bits per heavy atom. The summed E-state index contributed by atoms with van der Waals surface area (Å²) in [6.07, 6.45) is 1.34. The Morgan fingerprint density at radius 1 is 1.27 bits per heavy atom. The lowest BCUT2D eigenvalue weighted by molar-refractivity contribution is -0.147. The van der Waals surface area contributed by atoms with Gasteiger partial charge >= 0.3 is 12.1 Å². The first-order valence-corrected chi connectivity index (χ1v) is 7.03. The molecule has 0 aliphatic carbocycles. The minimum atomic E-state index is -0.854. The molecule has 1 aromatic rings. The van der Waals surface area contributed by atoms with Gasteiger partial charge in [-0.2, -0.15) is 0 Å². The largest absolute Gasteiger partial charge is 0.459 e. The number of nitrogens with one attached hydrogen (secondary N) is 1. The molecule has 0 saturated carbocycles. The summed E-state index contributed by atoms with van der Waals surface area (Å²) in [5.41, 5.74) is 0.853. The van der Waals surface area contributed by atoms with Gasteiger partial charge in [-0.05, 0) is 18.4 Å². The van der Waals surface area contributed by atoms with E-state index in [1.54, 1.807) is 0 Å². The first kappa shape index (κ1) is 17.7. The summed E-state index contributed by atoms with van der Waals surface area (Å²) < 4.78 is 9.96. The zero-order chi connectivity index (χ0) is 16.2. The third kappa shape index (κ3) is 6.90. The van der Waals surface area contributed by atoms with Crippen LogP contribution >= 0.6 is 0 Å². The minimum Gasteiger partial charge on any atom is -0.459 e. The highest BCUT2D eigenvalue weighted by molar-refractivity contribution is 5.81. The average Bonchev–Trinajstić information content (AvgIpc) is 2.55. The van der Waals surface area contributed by atoms with E-state index in [0.29, 0.717) is 6.42 Å². The fourth-order valence-corrected chi connectivity index (χ4v) is 1.69. The maximum absolute atomic E-state index is 12.0. The molecule has 0 saturated heterocycles. The normalized spacial score (nSPS) is 11.3. The number of amides is 1. The fraction of sp³-hybridized carbons (Fsp3) is 0.375. The summed E-state index contributed by atoms with van der Waals surface area (Å²) in [5, 5.41) is 11.3. The van der Waals surface area contributed by atoms with Crippen LogP contribution < -0.4 is 5.32 Å². The second-order valence-corrected chi connectivity index (χ2v) is 4.54. The van der Waals surface area contributed by atoms with Gasteiger partial charge in [-0.3, -0.25) is 0 Å². The van der Waals surface area contributed by atoms with Crippen LogP contribution in [-0.4, -0.2) is 36.4 Å². The monoisotopic (exact) mass is 307 g/mol. The van der Waals surface area contributed by atoms with Crippen LogP contribution in [0.15, 0.2) is 43.0 Å². The Hall–Kier alpha value is -2.34. The van der Waals surface area contributed by atoms with Gasteiger partial charge in [0, 0.05) is 6.61 Å². The van der Waals surface area contributed by atoms with Crippen molar-refractivity contribution in [2.45, 2.75) is 25.5 Å². The summed E-state index contributed by atoms with van der Waals surface area (Å²) in [6, 6.07) is 8.37. The molecule has 0 heterocycles. The molecule has 0 unspecified atom stereocenters. The number of ether oxygens (including phenoxy) is 2. The van der Waals surface area contributed by atoms with Gasteiger partial charge in [-0.1, -0.05) is 43.0 Å². The maximum Gasteiger partial charge on any atom is 0.408 e. The summed E-state index contributed by atoms with van der Waals surface area (Å²) >= 11 is 0. The Bertz CT molecular complexity index is 475. The molecule has 6 heteroatoms. The van der Waals surface area contributed by atoms with E-state index in [2.05, 4.69) is 11.9 Å². The predicted molar refractivity (Wildman–Crippen MR) is 81.0 cm³/mol. The molecule has 0 fully saturated rings. The first-order chi connectivity index (χ1) is 10.7. The molecular formula is C16H21NO5. The van der Waals surface area contributed by atoms with Gasteiger partial charge in [-0.25, -0.2) is 9.59 Å². The quantitative estimate of drug-likeness (QED) is 0.536. The van der Waals surface area contributed by atoms with Crippen LogP contribution in [0.25, 0.3) is 0 Å². The van der Waals surface area contributed by atoms with Crippen LogP contribution in [0.4, 0.5) is 4.79 Å². The standard InChI is InChI=1S/C16H21NO5/c1-2-11-21-16(20)17-14(9-6-10-18)15(19)22-12-13-7-4-3-5-8-13/h2-5,7-8,14,18H,1,6,9-12H2,(H,17,20)/t14-/m0/s1. The van der Waals surface area contributed by atoms with E-state index in [1.165, 1.54) is 6.08 Å². The first-order valence-electron chi connectivity index (χ1n) is 7.03. The molecule has 1 rings (SSSR count). The predicted octanol–water partition coefficient (Wildman–Crippen LogP) is 1.78. The Labute approximate surface area is 129 Å². The highest BCUT2D eigenvalue weighted by Crippen LogP contribution is 2.05. The second-order valence-electron chi connectivity index (χ2n) is 4.54. The van der Waals surface area contributed by atoms with Crippen molar-refractivity contribution in [1.82, 2.24) is 5.32 Å². The second kappa shape index (κ2) is 10.4. The van der Waals surface area contributed by atoms with Crippen molar-refractivity contribution in [3.63, 3.8) is 0 Å². The van der Waals surface area contributed by atoms with Crippen LogP contribution in [0.1, 0.15) is 18.4 Å². The lowest BCUT2D eigenvalue weighted by atomic mass is 10.1. The van der Waals surface area contributed by atoms with Gasteiger partial charge in [0.1, 0.15) is 19.3 Å². The van der Waals surface area contributed by atoms with Crippen molar-refractivity contribution in [3.05, 3.63) is 48.6 Å². The Morgan fingerprint density at radius 3 is 2.64 bits per heavy atom. The number of carbonyl (C=O) groups is 2. The van der Waals surface area contributed by atoms with E-state index in [-0.39, 0.29) is 26.2 Å². The SMILES string of the molecule is C=CCOC(=O)N[C@@H](CCCO)C(=O)OCc1ccccc1. The molecule has 120 valence electrons. The van der Waals surface area contributed by atoms with Crippen molar-refractivity contribution < 1.29 is 24.2 Å². The smallest absolute Gasteiger partial charge is 0.408 e. The van der Waals surface area contributed by atoms with Gasteiger partial charge in [-0.15, -0.1) is 0 Å². The molecular weight excluding hydrogens is 286 g/mol. The van der Waals surface area contributed by atoms with E-state index in [1.807, 2.05) is 30.3 Å². The van der Waals surface area contributed by atoms with E-state index in [4.69, 9.17) is 14.6 Å². The summed E-state index contributed by atoms with van der Waals surface area (Å²) in [5.74, 6) is -0.562. The molecule has 0 bridgehead atoms. The molecule has 1 atom stereocenters.